The molecule has 1 aromatic rings. The van der Waals surface area contributed by atoms with E-state index in [0.717, 1.165) is 31.9 Å². The maximum Gasteiger partial charge on any atom is 0.125 e. The summed E-state index contributed by atoms with van der Waals surface area (Å²) >= 11 is 0. The summed E-state index contributed by atoms with van der Waals surface area (Å²) in [6, 6.07) is 4.92. The van der Waals surface area contributed by atoms with E-state index >= 15 is 0 Å². The van der Waals surface area contributed by atoms with Crippen molar-refractivity contribution in [2.24, 2.45) is 0 Å². The molecule has 0 aliphatic rings. The SMILES string of the molecule is CCOCCCOc1c(C)cc(CNC(C)C)cc1C. The Kier molecular flexibility index (Phi) is 7.63. The van der Waals surface area contributed by atoms with E-state index in [1.807, 2.05) is 6.92 Å². The van der Waals surface area contributed by atoms with Gasteiger partial charge >= 0.3 is 0 Å². The second kappa shape index (κ2) is 8.98. The zero-order valence-electron chi connectivity index (χ0n) is 13.6. The van der Waals surface area contributed by atoms with Crippen LogP contribution in [0.15, 0.2) is 12.1 Å². The average molecular weight is 279 g/mol. The molecule has 0 aliphatic carbocycles. The number of benzene rings is 1. The summed E-state index contributed by atoms with van der Waals surface area (Å²) in [6.07, 6.45) is 0.934. The second-order valence-corrected chi connectivity index (χ2v) is 5.49. The summed E-state index contributed by atoms with van der Waals surface area (Å²) in [5.41, 5.74) is 3.74. The van der Waals surface area contributed by atoms with E-state index < -0.39 is 0 Å². The van der Waals surface area contributed by atoms with Crippen molar-refractivity contribution >= 4 is 0 Å². The first kappa shape index (κ1) is 17.0. The zero-order valence-corrected chi connectivity index (χ0v) is 13.6. The van der Waals surface area contributed by atoms with Crippen LogP contribution in [0, 0.1) is 13.8 Å². The number of aryl methyl sites for hydroxylation is 2. The molecule has 0 atom stereocenters. The Morgan fingerprint density at radius 2 is 1.75 bits per heavy atom. The highest BCUT2D eigenvalue weighted by molar-refractivity contribution is 5.43. The van der Waals surface area contributed by atoms with Crippen molar-refractivity contribution in [2.75, 3.05) is 19.8 Å². The normalized spacial score (nSPS) is 11.1. The molecule has 0 amide bonds. The third kappa shape index (κ3) is 5.93. The first-order chi connectivity index (χ1) is 9.54. The molecule has 0 spiro atoms. The molecule has 0 heterocycles. The van der Waals surface area contributed by atoms with E-state index in [2.05, 4.69) is 45.1 Å². The maximum absolute atomic E-state index is 5.89. The molecule has 0 saturated heterocycles. The van der Waals surface area contributed by atoms with E-state index in [9.17, 15) is 0 Å². The summed E-state index contributed by atoms with van der Waals surface area (Å²) in [6.45, 7) is 13.7. The Labute approximate surface area is 123 Å². The predicted octanol–water partition coefficient (Wildman–Crippen LogP) is 3.61. The molecule has 0 fully saturated rings. The van der Waals surface area contributed by atoms with Gasteiger partial charge in [0, 0.05) is 32.2 Å². The van der Waals surface area contributed by atoms with Gasteiger partial charge in [0.2, 0.25) is 0 Å². The fourth-order valence-corrected chi connectivity index (χ4v) is 2.17. The van der Waals surface area contributed by atoms with Gasteiger partial charge in [-0.2, -0.15) is 0 Å². The molecule has 0 bridgehead atoms. The van der Waals surface area contributed by atoms with Crippen LogP contribution < -0.4 is 10.1 Å². The van der Waals surface area contributed by atoms with Crippen molar-refractivity contribution in [1.29, 1.82) is 0 Å². The molecule has 3 heteroatoms. The average Bonchev–Trinajstić information content (AvgIpc) is 2.38. The summed E-state index contributed by atoms with van der Waals surface area (Å²) in [7, 11) is 0. The number of ether oxygens (including phenoxy) is 2. The van der Waals surface area contributed by atoms with Crippen molar-refractivity contribution in [1.82, 2.24) is 5.32 Å². The number of hydrogen-bond acceptors (Lipinski definition) is 3. The van der Waals surface area contributed by atoms with Gasteiger partial charge in [-0.25, -0.2) is 0 Å². The van der Waals surface area contributed by atoms with Gasteiger partial charge in [-0.1, -0.05) is 26.0 Å². The van der Waals surface area contributed by atoms with Gasteiger partial charge in [0.05, 0.1) is 6.61 Å². The molecule has 0 saturated carbocycles. The lowest BCUT2D eigenvalue weighted by Crippen LogP contribution is -2.21. The van der Waals surface area contributed by atoms with E-state index in [-0.39, 0.29) is 0 Å². The zero-order chi connectivity index (χ0) is 15.0. The first-order valence-electron chi connectivity index (χ1n) is 7.58. The lowest BCUT2D eigenvalue weighted by molar-refractivity contribution is 0.130. The van der Waals surface area contributed by atoms with E-state index in [4.69, 9.17) is 9.47 Å². The third-order valence-corrected chi connectivity index (χ3v) is 3.12. The molecular formula is C17H29NO2. The molecule has 114 valence electrons. The van der Waals surface area contributed by atoms with Crippen LogP contribution in [-0.2, 0) is 11.3 Å². The Morgan fingerprint density at radius 1 is 1.10 bits per heavy atom. The number of rotatable bonds is 9. The summed E-state index contributed by atoms with van der Waals surface area (Å²) < 4.78 is 11.2. The second-order valence-electron chi connectivity index (χ2n) is 5.49. The number of nitrogens with one attached hydrogen (secondary N) is 1. The standard InChI is InChI=1S/C17H29NO2/c1-6-19-8-7-9-20-17-14(4)10-16(11-15(17)5)12-18-13(2)3/h10-11,13,18H,6-9,12H2,1-5H3. The molecule has 0 unspecified atom stereocenters. The lowest BCUT2D eigenvalue weighted by Gasteiger charge is -2.15. The topological polar surface area (TPSA) is 30.5 Å². The Morgan fingerprint density at radius 3 is 2.30 bits per heavy atom. The highest BCUT2D eigenvalue weighted by Crippen LogP contribution is 2.25. The fraction of sp³-hybridized carbons (Fsp3) is 0.647. The highest BCUT2D eigenvalue weighted by Gasteiger charge is 2.07. The molecule has 0 aliphatic heterocycles. The number of hydrogen-bond donors (Lipinski definition) is 1. The molecule has 1 aromatic carbocycles. The highest BCUT2D eigenvalue weighted by atomic mass is 16.5. The Balaban J connectivity index is 2.55. The lowest BCUT2D eigenvalue weighted by atomic mass is 10.1. The molecule has 1 rings (SSSR count). The molecule has 0 aromatic heterocycles. The predicted molar refractivity (Wildman–Crippen MR) is 84.5 cm³/mol. The van der Waals surface area contributed by atoms with Crippen molar-refractivity contribution in [3.05, 3.63) is 28.8 Å². The van der Waals surface area contributed by atoms with Gasteiger partial charge in [0.15, 0.2) is 0 Å². The molecular weight excluding hydrogens is 250 g/mol. The van der Waals surface area contributed by atoms with E-state index in [0.29, 0.717) is 12.6 Å². The summed E-state index contributed by atoms with van der Waals surface area (Å²) in [5, 5.41) is 3.44. The Bertz CT molecular complexity index is 379. The third-order valence-electron chi connectivity index (χ3n) is 3.12. The van der Waals surface area contributed by atoms with Crippen LogP contribution in [0.3, 0.4) is 0 Å². The van der Waals surface area contributed by atoms with Gasteiger partial charge in [0.1, 0.15) is 5.75 Å². The van der Waals surface area contributed by atoms with E-state index in [1.165, 1.54) is 16.7 Å². The first-order valence-corrected chi connectivity index (χ1v) is 7.58. The van der Waals surface area contributed by atoms with Crippen molar-refractivity contribution in [2.45, 2.75) is 53.6 Å². The van der Waals surface area contributed by atoms with Crippen LogP contribution in [-0.4, -0.2) is 25.9 Å². The quantitative estimate of drug-likeness (QED) is 0.701. The van der Waals surface area contributed by atoms with Crippen LogP contribution in [0.1, 0.15) is 43.9 Å². The molecule has 1 N–H and O–H groups in total. The minimum Gasteiger partial charge on any atom is -0.493 e. The van der Waals surface area contributed by atoms with Gasteiger partial charge in [-0.15, -0.1) is 0 Å². The minimum absolute atomic E-state index is 0.505. The van der Waals surface area contributed by atoms with Crippen molar-refractivity contribution in [3.63, 3.8) is 0 Å². The Hall–Kier alpha value is -1.06. The van der Waals surface area contributed by atoms with Gasteiger partial charge in [-0.3, -0.25) is 0 Å². The minimum atomic E-state index is 0.505. The molecule has 20 heavy (non-hydrogen) atoms. The van der Waals surface area contributed by atoms with Gasteiger partial charge < -0.3 is 14.8 Å². The smallest absolute Gasteiger partial charge is 0.125 e. The van der Waals surface area contributed by atoms with Gasteiger partial charge in [0.25, 0.3) is 0 Å². The van der Waals surface area contributed by atoms with Crippen molar-refractivity contribution in [3.8, 4) is 5.75 Å². The van der Waals surface area contributed by atoms with Crippen LogP contribution in [0.4, 0.5) is 0 Å². The summed E-state index contributed by atoms with van der Waals surface area (Å²) in [4.78, 5) is 0. The maximum atomic E-state index is 5.89. The fourth-order valence-electron chi connectivity index (χ4n) is 2.17. The van der Waals surface area contributed by atoms with Crippen LogP contribution in [0.25, 0.3) is 0 Å². The van der Waals surface area contributed by atoms with Gasteiger partial charge in [-0.05, 0) is 37.5 Å². The van der Waals surface area contributed by atoms with E-state index in [1.54, 1.807) is 0 Å². The molecule has 0 radical (unpaired) electrons. The monoisotopic (exact) mass is 279 g/mol. The van der Waals surface area contributed by atoms with Crippen molar-refractivity contribution < 1.29 is 9.47 Å². The van der Waals surface area contributed by atoms with Crippen LogP contribution in [0.2, 0.25) is 0 Å². The largest absolute Gasteiger partial charge is 0.493 e. The van der Waals surface area contributed by atoms with Crippen LogP contribution in [0.5, 0.6) is 5.75 Å². The summed E-state index contributed by atoms with van der Waals surface area (Å²) in [5.74, 6) is 1.02. The van der Waals surface area contributed by atoms with Crippen LogP contribution >= 0.6 is 0 Å². The molecule has 3 nitrogen and oxygen atoms in total.